The Hall–Kier alpha value is -3.38. The Morgan fingerprint density at radius 2 is 1.72 bits per heavy atom. The van der Waals surface area contributed by atoms with Crippen LogP contribution in [0.1, 0.15) is 25.8 Å². The van der Waals surface area contributed by atoms with E-state index in [9.17, 15) is 14.7 Å². The zero-order valence-electron chi connectivity index (χ0n) is 18.1. The molecule has 1 aliphatic rings. The number of aromatic hydroxyl groups is 1. The average Bonchev–Trinajstić information content (AvgIpc) is 2.74. The summed E-state index contributed by atoms with van der Waals surface area (Å²) in [4.78, 5) is 27.6. The van der Waals surface area contributed by atoms with Gasteiger partial charge in [-0.2, -0.15) is 0 Å². The molecule has 0 saturated carbocycles. The van der Waals surface area contributed by atoms with Crippen LogP contribution in [0.5, 0.6) is 5.75 Å². The molecule has 164 valence electrons. The lowest BCUT2D eigenvalue weighted by Gasteiger charge is -2.35. The first kappa shape index (κ1) is 20.5. The van der Waals surface area contributed by atoms with Crippen molar-refractivity contribution in [3.8, 4) is 16.9 Å². The van der Waals surface area contributed by atoms with Gasteiger partial charge in [-0.1, -0.05) is 32.0 Å². The van der Waals surface area contributed by atoms with Crippen molar-refractivity contribution in [3.05, 3.63) is 74.9 Å². The molecule has 0 radical (unpaired) electrons. The molecule has 5 rings (SSSR count). The zero-order chi connectivity index (χ0) is 22.4. The van der Waals surface area contributed by atoms with E-state index in [4.69, 9.17) is 8.83 Å². The first-order valence-electron chi connectivity index (χ1n) is 10.9. The van der Waals surface area contributed by atoms with Crippen molar-refractivity contribution >= 4 is 21.9 Å². The van der Waals surface area contributed by atoms with E-state index in [1.165, 1.54) is 12.5 Å². The molecule has 2 aromatic carbocycles. The maximum Gasteiger partial charge on any atom is 0.344 e. The van der Waals surface area contributed by atoms with Gasteiger partial charge in [0.05, 0.1) is 11.1 Å². The molecule has 1 fully saturated rings. The van der Waals surface area contributed by atoms with Crippen LogP contribution >= 0.6 is 0 Å². The van der Waals surface area contributed by atoms with Gasteiger partial charge in [0.2, 0.25) is 0 Å². The summed E-state index contributed by atoms with van der Waals surface area (Å²) in [5.74, 6) is 1.19. The lowest BCUT2D eigenvalue weighted by molar-refractivity contribution is 0.133. The molecule has 0 unspecified atom stereocenters. The Bertz CT molecular complexity index is 1420. The van der Waals surface area contributed by atoms with Gasteiger partial charge in [0.25, 0.3) is 0 Å². The third-order valence-electron chi connectivity index (χ3n) is 6.25. The Kier molecular flexibility index (Phi) is 5.10. The average molecular weight is 431 g/mol. The Morgan fingerprint density at radius 1 is 0.969 bits per heavy atom. The fourth-order valence-corrected chi connectivity index (χ4v) is 5.04. The second-order valence-electron chi connectivity index (χ2n) is 9.04. The van der Waals surface area contributed by atoms with Crippen LogP contribution in [-0.4, -0.2) is 23.1 Å². The van der Waals surface area contributed by atoms with Crippen LogP contribution in [0.2, 0.25) is 0 Å². The lowest BCUT2D eigenvalue weighted by Crippen LogP contribution is -2.38. The molecule has 6 heteroatoms. The number of phenolic OH excluding ortho intramolecular Hbond substituents is 1. The topological polar surface area (TPSA) is 83.9 Å². The van der Waals surface area contributed by atoms with Gasteiger partial charge in [0.15, 0.2) is 0 Å². The molecule has 1 aliphatic heterocycles. The first-order chi connectivity index (χ1) is 15.4. The van der Waals surface area contributed by atoms with Gasteiger partial charge < -0.3 is 13.9 Å². The number of benzene rings is 2. The van der Waals surface area contributed by atoms with Crippen molar-refractivity contribution in [1.29, 1.82) is 0 Å². The highest BCUT2D eigenvalue weighted by Crippen LogP contribution is 2.34. The minimum atomic E-state index is -0.577. The summed E-state index contributed by atoms with van der Waals surface area (Å²) >= 11 is 0. The van der Waals surface area contributed by atoms with E-state index in [1.807, 2.05) is 12.1 Å². The predicted molar refractivity (Wildman–Crippen MR) is 124 cm³/mol. The van der Waals surface area contributed by atoms with Gasteiger partial charge in [0, 0.05) is 42.0 Å². The number of hydrogen-bond donors (Lipinski definition) is 1. The highest BCUT2D eigenvalue weighted by Gasteiger charge is 2.25. The summed E-state index contributed by atoms with van der Waals surface area (Å²) in [6.07, 6.45) is 1.18. The summed E-state index contributed by atoms with van der Waals surface area (Å²) in [5.41, 5.74) is 0.992. The molecule has 2 aromatic heterocycles. The monoisotopic (exact) mass is 431 g/mol. The van der Waals surface area contributed by atoms with Gasteiger partial charge in [-0.3, -0.25) is 4.90 Å². The normalized spacial score (nSPS) is 19.6. The number of piperidine rings is 1. The van der Waals surface area contributed by atoms with Gasteiger partial charge in [-0.25, -0.2) is 9.59 Å². The number of rotatable bonds is 3. The van der Waals surface area contributed by atoms with Crippen molar-refractivity contribution in [1.82, 2.24) is 4.90 Å². The van der Waals surface area contributed by atoms with Gasteiger partial charge >= 0.3 is 11.3 Å². The van der Waals surface area contributed by atoms with Crippen LogP contribution in [0.4, 0.5) is 0 Å². The number of likely N-dealkylation sites (tertiary alicyclic amines) is 1. The van der Waals surface area contributed by atoms with Gasteiger partial charge in [-0.15, -0.1) is 0 Å². The molecule has 6 nitrogen and oxygen atoms in total. The summed E-state index contributed by atoms with van der Waals surface area (Å²) in [5, 5.41) is 12.0. The number of hydrogen-bond acceptors (Lipinski definition) is 6. The number of nitrogens with zero attached hydrogens (tertiary/aromatic N) is 1. The van der Waals surface area contributed by atoms with Crippen LogP contribution in [0.15, 0.2) is 67.0 Å². The Balaban J connectivity index is 1.68. The molecule has 32 heavy (non-hydrogen) atoms. The smallest absolute Gasteiger partial charge is 0.344 e. The lowest BCUT2D eigenvalue weighted by atomic mass is 9.91. The van der Waals surface area contributed by atoms with Crippen molar-refractivity contribution in [2.75, 3.05) is 13.1 Å². The molecule has 0 aliphatic carbocycles. The van der Waals surface area contributed by atoms with E-state index in [0.29, 0.717) is 51.6 Å². The number of fused-ring (bicyclic) bond motifs is 2. The summed E-state index contributed by atoms with van der Waals surface area (Å²) < 4.78 is 11.1. The Labute approximate surface area is 184 Å². The molecule has 0 bridgehead atoms. The summed E-state index contributed by atoms with van der Waals surface area (Å²) in [7, 11) is 0. The maximum absolute atomic E-state index is 12.8. The summed E-state index contributed by atoms with van der Waals surface area (Å²) in [6.45, 7) is 6.75. The van der Waals surface area contributed by atoms with Crippen molar-refractivity contribution in [2.45, 2.75) is 26.8 Å². The zero-order valence-corrected chi connectivity index (χ0v) is 18.1. The molecule has 0 amide bonds. The summed E-state index contributed by atoms with van der Waals surface area (Å²) in [6, 6.07) is 13.6. The maximum atomic E-state index is 12.8. The third kappa shape index (κ3) is 3.71. The molecule has 4 aromatic rings. The van der Waals surface area contributed by atoms with Crippen LogP contribution < -0.4 is 11.3 Å². The van der Waals surface area contributed by atoms with Crippen molar-refractivity contribution in [3.63, 3.8) is 0 Å². The Morgan fingerprint density at radius 3 is 2.50 bits per heavy atom. The van der Waals surface area contributed by atoms with Crippen LogP contribution in [0.3, 0.4) is 0 Å². The van der Waals surface area contributed by atoms with Gasteiger partial charge in [-0.05, 0) is 42.5 Å². The van der Waals surface area contributed by atoms with Crippen LogP contribution in [0.25, 0.3) is 33.1 Å². The quantitative estimate of drug-likeness (QED) is 0.471. The van der Waals surface area contributed by atoms with Crippen LogP contribution in [-0.2, 0) is 6.54 Å². The van der Waals surface area contributed by atoms with E-state index in [0.717, 1.165) is 18.5 Å². The molecule has 2 atom stereocenters. The highest BCUT2D eigenvalue weighted by molar-refractivity contribution is 5.97. The van der Waals surface area contributed by atoms with Crippen LogP contribution in [0, 0.1) is 11.8 Å². The second-order valence-corrected chi connectivity index (χ2v) is 9.04. The second kappa shape index (κ2) is 7.95. The molecule has 0 spiro atoms. The standard InChI is InChI=1S/C26H25NO5/c1-15-9-16(2)13-27(12-15)14-21-22(28)8-7-18-19(11-24(29)32-25(18)21)20-10-17-5-3-4-6-23(17)31-26(20)30/h3-8,10-11,15-16,28H,9,12-14H2,1-2H3/t15-,16+. The minimum absolute atomic E-state index is 0.0780. The largest absolute Gasteiger partial charge is 0.507 e. The van der Waals surface area contributed by atoms with E-state index in [2.05, 4.69) is 18.7 Å². The van der Waals surface area contributed by atoms with E-state index >= 15 is 0 Å². The highest BCUT2D eigenvalue weighted by atomic mass is 16.4. The first-order valence-corrected chi connectivity index (χ1v) is 10.9. The van der Waals surface area contributed by atoms with E-state index < -0.39 is 11.3 Å². The van der Waals surface area contributed by atoms with Crippen molar-refractivity contribution < 1.29 is 13.9 Å². The molecule has 1 saturated heterocycles. The molecule has 3 heterocycles. The SMILES string of the molecule is C[C@@H]1C[C@H](C)CN(Cc2c(O)ccc3c(-c4cc5ccccc5oc4=O)cc(=O)oc23)C1. The fraction of sp³-hybridized carbons (Fsp3) is 0.308. The third-order valence-corrected chi connectivity index (χ3v) is 6.25. The predicted octanol–water partition coefficient (Wildman–Crippen LogP) is 4.75. The number of para-hydroxylation sites is 1. The molecular formula is C26H25NO5. The minimum Gasteiger partial charge on any atom is -0.507 e. The molecule has 1 N–H and O–H groups in total. The molecular weight excluding hydrogens is 406 g/mol. The van der Waals surface area contributed by atoms with E-state index in [1.54, 1.807) is 30.3 Å². The van der Waals surface area contributed by atoms with Gasteiger partial charge in [0.1, 0.15) is 16.9 Å². The fourth-order valence-electron chi connectivity index (χ4n) is 5.04. The van der Waals surface area contributed by atoms with E-state index in [-0.39, 0.29) is 5.75 Å². The van der Waals surface area contributed by atoms with Crippen molar-refractivity contribution in [2.24, 2.45) is 11.8 Å². The number of phenols is 1.